The summed E-state index contributed by atoms with van der Waals surface area (Å²) in [5.41, 5.74) is 4.81. The van der Waals surface area contributed by atoms with Crippen molar-refractivity contribution in [1.82, 2.24) is 4.98 Å². The molecule has 1 N–H and O–H groups in total. The van der Waals surface area contributed by atoms with Gasteiger partial charge in [-0.3, -0.25) is 4.98 Å². The first-order valence-corrected chi connectivity index (χ1v) is 9.99. The van der Waals surface area contributed by atoms with Gasteiger partial charge in [-0.2, -0.15) is 0 Å². The first-order chi connectivity index (χ1) is 13.1. The number of carbonyl (C=O) groups is 1. The molecular weight excluding hydrogens is 358 g/mol. The van der Waals surface area contributed by atoms with Crippen LogP contribution in [-0.4, -0.2) is 22.7 Å². The Morgan fingerprint density at radius 2 is 2.22 bits per heavy atom. The third-order valence-corrected chi connectivity index (χ3v) is 6.09. The molecule has 4 nitrogen and oxygen atoms in total. The van der Waals surface area contributed by atoms with Crippen molar-refractivity contribution < 1.29 is 14.6 Å². The lowest BCUT2D eigenvalue weighted by Gasteiger charge is -2.26. The van der Waals surface area contributed by atoms with Crippen LogP contribution < -0.4 is 4.74 Å². The quantitative estimate of drug-likeness (QED) is 0.652. The zero-order valence-electron chi connectivity index (χ0n) is 15.1. The van der Waals surface area contributed by atoms with Gasteiger partial charge in [0.25, 0.3) is 0 Å². The molecule has 0 unspecified atom stereocenters. The summed E-state index contributed by atoms with van der Waals surface area (Å²) in [4.78, 5) is 16.8. The fraction of sp³-hybridized carbons (Fsp3) is 0.273. The summed E-state index contributed by atoms with van der Waals surface area (Å²) in [6.45, 7) is 2.83. The number of nitrogens with zero attached hydrogens (tertiary/aromatic N) is 1. The summed E-state index contributed by atoms with van der Waals surface area (Å²) in [7, 11) is 0. The van der Waals surface area contributed by atoms with E-state index < -0.39 is 5.97 Å². The first kappa shape index (κ1) is 17.7. The fourth-order valence-corrected chi connectivity index (χ4v) is 4.50. The molecule has 0 saturated heterocycles. The maximum atomic E-state index is 11.4. The molecule has 0 saturated carbocycles. The van der Waals surface area contributed by atoms with Gasteiger partial charge in [0.05, 0.1) is 12.2 Å². The lowest BCUT2D eigenvalue weighted by Crippen LogP contribution is -2.15. The normalized spacial score (nSPS) is 15.8. The van der Waals surface area contributed by atoms with Crippen LogP contribution in [0.4, 0.5) is 0 Å². The van der Waals surface area contributed by atoms with Gasteiger partial charge in [0.2, 0.25) is 0 Å². The summed E-state index contributed by atoms with van der Waals surface area (Å²) in [5, 5.41) is 11.5. The van der Waals surface area contributed by atoms with Crippen molar-refractivity contribution in [3.63, 3.8) is 0 Å². The Morgan fingerprint density at radius 3 is 3.00 bits per heavy atom. The number of carboxylic acid groups (broad SMARTS) is 1. The van der Waals surface area contributed by atoms with Crippen LogP contribution in [-0.2, 0) is 6.42 Å². The van der Waals surface area contributed by atoms with Crippen LogP contribution in [0.2, 0.25) is 0 Å². The molecule has 3 aromatic rings. The van der Waals surface area contributed by atoms with E-state index in [1.807, 2.05) is 0 Å². The van der Waals surface area contributed by atoms with Gasteiger partial charge in [0.1, 0.15) is 5.75 Å². The highest BCUT2D eigenvalue weighted by Crippen LogP contribution is 2.40. The summed E-state index contributed by atoms with van der Waals surface area (Å²) in [6.07, 6.45) is 5.74. The largest absolute Gasteiger partial charge is 0.493 e. The molecule has 2 aromatic heterocycles. The topological polar surface area (TPSA) is 59.4 Å². The van der Waals surface area contributed by atoms with Gasteiger partial charge in [-0.1, -0.05) is 12.1 Å². The Kier molecular flexibility index (Phi) is 4.94. The van der Waals surface area contributed by atoms with E-state index in [0.29, 0.717) is 24.5 Å². The molecule has 27 heavy (non-hydrogen) atoms. The molecule has 5 heteroatoms. The number of aromatic nitrogens is 1. The number of carboxylic acids is 1. The van der Waals surface area contributed by atoms with Crippen molar-refractivity contribution in [2.75, 3.05) is 6.61 Å². The highest BCUT2D eigenvalue weighted by molar-refractivity contribution is 7.10. The van der Waals surface area contributed by atoms with Crippen LogP contribution in [0, 0.1) is 6.92 Å². The number of rotatable bonds is 5. The predicted octanol–water partition coefficient (Wildman–Crippen LogP) is 5.32. The maximum absolute atomic E-state index is 11.4. The molecular formula is C22H21NO3S. The minimum atomic E-state index is -0.893. The number of pyridine rings is 1. The average Bonchev–Trinajstić information content (AvgIpc) is 3.12. The van der Waals surface area contributed by atoms with Crippen LogP contribution in [0.5, 0.6) is 5.75 Å². The molecule has 138 valence electrons. The second-order valence-corrected chi connectivity index (χ2v) is 7.97. The van der Waals surface area contributed by atoms with Gasteiger partial charge < -0.3 is 9.84 Å². The van der Waals surface area contributed by atoms with Crippen LogP contribution in [0.25, 0.3) is 11.1 Å². The van der Waals surface area contributed by atoms with Crippen LogP contribution in [0.3, 0.4) is 0 Å². The van der Waals surface area contributed by atoms with E-state index in [1.165, 1.54) is 27.8 Å². The van der Waals surface area contributed by atoms with E-state index >= 15 is 0 Å². The zero-order chi connectivity index (χ0) is 18.8. The Labute approximate surface area is 162 Å². The number of thiophene rings is 1. The van der Waals surface area contributed by atoms with Gasteiger partial charge in [0.15, 0.2) is 0 Å². The minimum Gasteiger partial charge on any atom is -0.493 e. The maximum Gasteiger partial charge on any atom is 0.336 e. The SMILES string of the molecule is Cc1sccc1-c1ccc2c(c1)OCC[C@H]2CCc1cnccc1C(=O)O. The van der Waals surface area contributed by atoms with Crippen LogP contribution >= 0.6 is 11.3 Å². The van der Waals surface area contributed by atoms with Gasteiger partial charge in [-0.15, -0.1) is 11.3 Å². The fourth-order valence-electron chi connectivity index (χ4n) is 3.78. The second kappa shape index (κ2) is 7.53. The molecule has 1 atom stereocenters. The summed E-state index contributed by atoms with van der Waals surface area (Å²) in [5.74, 6) is 0.433. The summed E-state index contributed by atoms with van der Waals surface area (Å²) in [6, 6.07) is 10.2. The number of hydrogen-bond donors (Lipinski definition) is 1. The van der Waals surface area contributed by atoms with Gasteiger partial charge in [-0.25, -0.2) is 4.79 Å². The molecule has 4 rings (SSSR count). The number of benzene rings is 1. The van der Waals surface area contributed by atoms with Crippen molar-refractivity contribution >= 4 is 17.3 Å². The summed E-state index contributed by atoms with van der Waals surface area (Å²) >= 11 is 1.75. The minimum absolute atomic E-state index is 0.348. The van der Waals surface area contributed by atoms with E-state index in [-0.39, 0.29) is 0 Å². The molecule has 1 aromatic carbocycles. The number of aromatic carboxylic acids is 1. The third-order valence-electron chi connectivity index (χ3n) is 5.24. The molecule has 0 amide bonds. The molecule has 1 aliphatic heterocycles. The van der Waals surface area contributed by atoms with Crippen molar-refractivity contribution in [1.29, 1.82) is 0 Å². The van der Waals surface area contributed by atoms with Crippen LogP contribution in [0.1, 0.15) is 45.1 Å². The van der Waals surface area contributed by atoms with E-state index in [2.05, 4.69) is 41.6 Å². The molecule has 1 aliphatic rings. The molecule has 0 fully saturated rings. The van der Waals surface area contributed by atoms with Crippen molar-refractivity contribution in [3.8, 4) is 16.9 Å². The zero-order valence-corrected chi connectivity index (χ0v) is 16.0. The number of aryl methyl sites for hydroxylation is 2. The first-order valence-electron chi connectivity index (χ1n) is 9.11. The lowest BCUT2D eigenvalue weighted by molar-refractivity contribution is 0.0695. The lowest BCUT2D eigenvalue weighted by atomic mass is 9.86. The Balaban J connectivity index is 1.56. The highest BCUT2D eigenvalue weighted by Gasteiger charge is 2.23. The van der Waals surface area contributed by atoms with E-state index in [1.54, 1.807) is 23.6 Å². The molecule has 0 bridgehead atoms. The van der Waals surface area contributed by atoms with Gasteiger partial charge in [0, 0.05) is 17.3 Å². The van der Waals surface area contributed by atoms with Gasteiger partial charge in [-0.05, 0) is 77.9 Å². The smallest absolute Gasteiger partial charge is 0.336 e. The van der Waals surface area contributed by atoms with Gasteiger partial charge >= 0.3 is 5.97 Å². The van der Waals surface area contributed by atoms with Crippen LogP contribution in [0.15, 0.2) is 48.1 Å². The Hall–Kier alpha value is -2.66. The Morgan fingerprint density at radius 1 is 1.33 bits per heavy atom. The van der Waals surface area contributed by atoms with Crippen molar-refractivity contribution in [3.05, 3.63) is 69.7 Å². The third kappa shape index (κ3) is 3.60. The van der Waals surface area contributed by atoms with E-state index in [0.717, 1.165) is 24.2 Å². The molecule has 0 aliphatic carbocycles. The average molecular weight is 379 g/mol. The number of fused-ring (bicyclic) bond motifs is 1. The predicted molar refractivity (Wildman–Crippen MR) is 107 cm³/mol. The monoisotopic (exact) mass is 379 g/mol. The van der Waals surface area contributed by atoms with Crippen molar-refractivity contribution in [2.45, 2.75) is 32.1 Å². The second-order valence-electron chi connectivity index (χ2n) is 6.85. The molecule has 0 spiro atoms. The summed E-state index contributed by atoms with van der Waals surface area (Å²) < 4.78 is 5.94. The van der Waals surface area contributed by atoms with Crippen molar-refractivity contribution in [2.24, 2.45) is 0 Å². The number of ether oxygens (including phenoxy) is 1. The Bertz CT molecular complexity index is 979. The molecule has 0 radical (unpaired) electrons. The van der Waals surface area contributed by atoms with E-state index in [9.17, 15) is 9.90 Å². The highest BCUT2D eigenvalue weighted by atomic mass is 32.1. The molecule has 3 heterocycles. The van der Waals surface area contributed by atoms with E-state index in [4.69, 9.17) is 4.74 Å². The standard InChI is InChI=1S/C22H21NO3S/c1-14-18(8-11-27-14)16-4-5-19-15(7-10-26-21(19)12-16)2-3-17-13-23-9-6-20(17)22(24)25/h4-6,8-9,11-13,15H,2-3,7,10H2,1H3,(H,24,25)/t15-/m1/s1. The number of hydrogen-bond acceptors (Lipinski definition) is 4.